The lowest BCUT2D eigenvalue weighted by Gasteiger charge is -2.26. The Morgan fingerprint density at radius 2 is 1.81 bits per heavy atom. The summed E-state index contributed by atoms with van der Waals surface area (Å²) in [6.07, 6.45) is 0.390. The van der Waals surface area contributed by atoms with Gasteiger partial charge >= 0.3 is 0 Å². The van der Waals surface area contributed by atoms with Gasteiger partial charge < -0.3 is 14.4 Å². The number of fused-ring (bicyclic) bond motifs is 1. The van der Waals surface area contributed by atoms with Gasteiger partial charge in [-0.05, 0) is 51.1 Å². The summed E-state index contributed by atoms with van der Waals surface area (Å²) < 4.78 is 11.0. The van der Waals surface area contributed by atoms with Gasteiger partial charge in [0.25, 0.3) is 0 Å². The van der Waals surface area contributed by atoms with Gasteiger partial charge in [0.1, 0.15) is 13.2 Å². The summed E-state index contributed by atoms with van der Waals surface area (Å²) in [6, 6.07) is 9.40. The van der Waals surface area contributed by atoms with E-state index >= 15 is 0 Å². The summed E-state index contributed by atoms with van der Waals surface area (Å²) in [5, 5.41) is 0. The molecular weight excluding hydrogens is 362 g/mol. The number of thiophene rings is 1. The Balaban J connectivity index is 1.60. The predicted octanol–water partition coefficient (Wildman–Crippen LogP) is 4.23. The van der Waals surface area contributed by atoms with Crippen LogP contribution in [0, 0.1) is 6.92 Å². The van der Waals surface area contributed by atoms with E-state index in [1.54, 1.807) is 29.5 Å². The summed E-state index contributed by atoms with van der Waals surface area (Å²) in [5.74, 6) is 1.19. The second-order valence-electron chi connectivity index (χ2n) is 6.91. The molecular formula is C21H25NO4S. The van der Waals surface area contributed by atoms with Crippen LogP contribution in [-0.2, 0) is 11.3 Å². The molecule has 5 nitrogen and oxygen atoms in total. The Morgan fingerprint density at radius 3 is 2.48 bits per heavy atom. The van der Waals surface area contributed by atoms with Crippen LogP contribution >= 0.6 is 11.3 Å². The number of hydrogen-bond donors (Lipinski definition) is 0. The second-order valence-corrected chi connectivity index (χ2v) is 8.28. The monoisotopic (exact) mass is 387 g/mol. The van der Waals surface area contributed by atoms with E-state index < -0.39 is 0 Å². The first kappa shape index (κ1) is 19.4. The van der Waals surface area contributed by atoms with Crippen molar-refractivity contribution in [2.45, 2.75) is 46.2 Å². The van der Waals surface area contributed by atoms with Gasteiger partial charge in [-0.15, -0.1) is 11.3 Å². The summed E-state index contributed by atoms with van der Waals surface area (Å²) in [6.45, 7) is 7.65. The quantitative estimate of drug-likeness (QED) is 0.667. The first-order chi connectivity index (χ1) is 12.9. The van der Waals surface area contributed by atoms with E-state index in [1.165, 1.54) is 4.88 Å². The molecule has 0 unspecified atom stereocenters. The second kappa shape index (κ2) is 8.57. The molecule has 0 saturated heterocycles. The summed E-state index contributed by atoms with van der Waals surface area (Å²) >= 11 is 1.70. The van der Waals surface area contributed by atoms with Gasteiger partial charge in [-0.1, -0.05) is 0 Å². The number of carbonyl (C=O) groups excluding carboxylic acids is 2. The van der Waals surface area contributed by atoms with Crippen LogP contribution in [-0.4, -0.2) is 35.8 Å². The van der Waals surface area contributed by atoms with Crippen molar-refractivity contribution in [3.63, 3.8) is 0 Å². The van der Waals surface area contributed by atoms with Crippen molar-refractivity contribution in [3.05, 3.63) is 45.6 Å². The molecule has 2 aromatic rings. The summed E-state index contributed by atoms with van der Waals surface area (Å²) in [7, 11) is 0. The van der Waals surface area contributed by atoms with E-state index in [1.807, 2.05) is 18.7 Å². The molecule has 144 valence electrons. The maximum absolute atomic E-state index is 12.7. The van der Waals surface area contributed by atoms with E-state index in [4.69, 9.17) is 9.47 Å². The molecule has 0 bridgehead atoms. The maximum atomic E-state index is 12.7. The van der Waals surface area contributed by atoms with Crippen LogP contribution in [0.25, 0.3) is 0 Å². The fraction of sp³-hybridized carbons (Fsp3) is 0.429. The normalized spacial score (nSPS) is 12.9. The highest BCUT2D eigenvalue weighted by Crippen LogP contribution is 2.31. The van der Waals surface area contributed by atoms with Crippen molar-refractivity contribution in [1.29, 1.82) is 0 Å². The number of amides is 1. The van der Waals surface area contributed by atoms with E-state index in [2.05, 4.69) is 19.1 Å². The molecule has 6 heteroatoms. The van der Waals surface area contributed by atoms with E-state index in [0.29, 0.717) is 36.8 Å². The maximum Gasteiger partial charge on any atom is 0.223 e. The van der Waals surface area contributed by atoms with Crippen LogP contribution < -0.4 is 9.47 Å². The Kier molecular flexibility index (Phi) is 6.16. The zero-order valence-electron chi connectivity index (χ0n) is 16.0. The zero-order valence-corrected chi connectivity index (χ0v) is 16.8. The van der Waals surface area contributed by atoms with Crippen LogP contribution in [0.4, 0.5) is 0 Å². The minimum Gasteiger partial charge on any atom is -0.486 e. The average molecular weight is 388 g/mol. The van der Waals surface area contributed by atoms with Gasteiger partial charge in [-0.2, -0.15) is 0 Å². The molecule has 0 saturated carbocycles. The minimum atomic E-state index is -0.0593. The van der Waals surface area contributed by atoms with Gasteiger partial charge in [0.15, 0.2) is 17.3 Å². The number of hydrogen-bond acceptors (Lipinski definition) is 5. The lowest BCUT2D eigenvalue weighted by atomic mass is 10.0. The Morgan fingerprint density at radius 1 is 1.07 bits per heavy atom. The molecule has 3 rings (SSSR count). The molecule has 0 N–H and O–H groups in total. The van der Waals surface area contributed by atoms with Gasteiger partial charge in [0, 0.05) is 34.2 Å². The number of rotatable bonds is 7. The molecule has 0 fully saturated rings. The third-order valence-electron chi connectivity index (χ3n) is 4.50. The third-order valence-corrected chi connectivity index (χ3v) is 5.48. The molecule has 1 aliphatic rings. The van der Waals surface area contributed by atoms with Gasteiger partial charge in [0.05, 0.1) is 6.54 Å². The Labute approximate surface area is 163 Å². The van der Waals surface area contributed by atoms with Crippen molar-refractivity contribution >= 4 is 23.0 Å². The number of aryl methyl sites for hydroxylation is 1. The molecule has 1 aromatic heterocycles. The van der Waals surface area contributed by atoms with Crippen LogP contribution in [0.3, 0.4) is 0 Å². The van der Waals surface area contributed by atoms with Crippen LogP contribution in [0.2, 0.25) is 0 Å². The highest BCUT2D eigenvalue weighted by molar-refractivity contribution is 7.11. The van der Waals surface area contributed by atoms with Crippen LogP contribution in [0.5, 0.6) is 11.5 Å². The third kappa shape index (κ3) is 4.89. The van der Waals surface area contributed by atoms with Crippen molar-refractivity contribution in [2.24, 2.45) is 0 Å². The standard InChI is InChI=1S/C21H25NO4S/c1-14(2)22(13-17-6-4-15(3)27-17)21(24)9-7-18(23)16-5-8-19-20(12-16)26-11-10-25-19/h4-6,8,12,14H,7,9-11,13H2,1-3H3. The number of ketones is 1. The number of Topliss-reactive ketones (excluding diaryl/α,β-unsaturated/α-hetero) is 1. The van der Waals surface area contributed by atoms with Gasteiger partial charge in [-0.25, -0.2) is 0 Å². The number of ether oxygens (including phenoxy) is 2. The average Bonchev–Trinajstić information content (AvgIpc) is 3.08. The summed E-state index contributed by atoms with van der Waals surface area (Å²) in [4.78, 5) is 29.4. The topological polar surface area (TPSA) is 55.8 Å². The van der Waals surface area contributed by atoms with Crippen LogP contribution in [0.15, 0.2) is 30.3 Å². The largest absolute Gasteiger partial charge is 0.486 e. The Hall–Kier alpha value is -2.34. The minimum absolute atomic E-state index is 0.00180. The molecule has 0 radical (unpaired) electrons. The van der Waals surface area contributed by atoms with Crippen molar-refractivity contribution in [1.82, 2.24) is 4.90 Å². The van der Waals surface area contributed by atoms with E-state index in [0.717, 1.165) is 4.88 Å². The SMILES string of the molecule is Cc1ccc(CN(C(=O)CCC(=O)c2ccc3c(c2)OCCO3)C(C)C)s1. The molecule has 1 aliphatic heterocycles. The molecule has 2 heterocycles. The lowest BCUT2D eigenvalue weighted by Crippen LogP contribution is -2.36. The first-order valence-corrected chi connectivity index (χ1v) is 10.0. The van der Waals surface area contributed by atoms with Crippen molar-refractivity contribution in [3.8, 4) is 11.5 Å². The number of carbonyl (C=O) groups is 2. The summed E-state index contributed by atoms with van der Waals surface area (Å²) in [5.41, 5.74) is 0.553. The molecule has 1 aromatic carbocycles. The lowest BCUT2D eigenvalue weighted by molar-refractivity contribution is -0.133. The number of benzene rings is 1. The van der Waals surface area contributed by atoms with Crippen molar-refractivity contribution < 1.29 is 19.1 Å². The molecule has 27 heavy (non-hydrogen) atoms. The highest BCUT2D eigenvalue weighted by atomic mass is 32.1. The molecule has 0 spiro atoms. The van der Waals surface area contributed by atoms with Gasteiger partial charge in [0.2, 0.25) is 5.91 Å². The highest BCUT2D eigenvalue weighted by Gasteiger charge is 2.20. The smallest absolute Gasteiger partial charge is 0.223 e. The fourth-order valence-electron chi connectivity index (χ4n) is 3.02. The first-order valence-electron chi connectivity index (χ1n) is 9.21. The Bertz CT molecular complexity index is 827. The van der Waals surface area contributed by atoms with E-state index in [9.17, 15) is 9.59 Å². The van der Waals surface area contributed by atoms with Crippen molar-refractivity contribution in [2.75, 3.05) is 13.2 Å². The molecule has 1 amide bonds. The molecule has 0 atom stereocenters. The zero-order chi connectivity index (χ0) is 19.4. The van der Waals surface area contributed by atoms with E-state index in [-0.39, 0.29) is 30.6 Å². The van der Waals surface area contributed by atoms with Gasteiger partial charge in [-0.3, -0.25) is 9.59 Å². The predicted molar refractivity (Wildman–Crippen MR) is 106 cm³/mol. The molecule has 0 aliphatic carbocycles. The fourth-order valence-corrected chi connectivity index (χ4v) is 3.91. The van der Waals surface area contributed by atoms with Crippen LogP contribution in [0.1, 0.15) is 46.8 Å². The number of nitrogens with zero attached hydrogens (tertiary/aromatic N) is 1.